The first-order chi connectivity index (χ1) is 14.9. The van der Waals surface area contributed by atoms with Crippen molar-refractivity contribution in [2.24, 2.45) is 0 Å². The molecule has 4 heterocycles. The van der Waals surface area contributed by atoms with Crippen LogP contribution < -0.4 is 0 Å². The minimum atomic E-state index is -3.05. The minimum Gasteiger partial charge on any atom is -0.335 e. The largest absolute Gasteiger partial charge is 0.335 e. The van der Waals surface area contributed by atoms with Crippen LogP contribution in [0.1, 0.15) is 26.7 Å². The van der Waals surface area contributed by atoms with E-state index in [9.17, 15) is 13.2 Å². The number of aromatic nitrogens is 2. The lowest BCUT2D eigenvalue weighted by Crippen LogP contribution is -2.47. The molecule has 31 heavy (non-hydrogen) atoms. The molecule has 1 N–H and O–H groups in total. The van der Waals surface area contributed by atoms with E-state index in [0.29, 0.717) is 11.6 Å². The van der Waals surface area contributed by atoms with E-state index < -0.39 is 9.84 Å². The zero-order valence-electron chi connectivity index (χ0n) is 17.4. The first-order valence-electron chi connectivity index (χ1n) is 10.2. The molecule has 0 unspecified atom stereocenters. The average molecular weight is 496 g/mol. The lowest BCUT2D eigenvalue weighted by Gasteiger charge is -2.33. The summed E-state index contributed by atoms with van der Waals surface area (Å²) in [4.78, 5) is 25.3. The summed E-state index contributed by atoms with van der Waals surface area (Å²) >= 11 is 4.65. The smallest absolute Gasteiger partial charge is 0.233 e. The SMILES string of the molecule is CC[C@@H](C)N(C(=O)CSc1nc(-c2cccs2)c(-c2cccs2)[nH]1)[C@@H]1CCS(=O)(=O)C1. The van der Waals surface area contributed by atoms with Crippen LogP contribution in [0, 0.1) is 0 Å². The minimum absolute atomic E-state index is 0.00589. The Morgan fingerprint density at radius 1 is 1.29 bits per heavy atom. The molecule has 3 aromatic heterocycles. The molecule has 0 aromatic carbocycles. The number of H-pyrrole nitrogens is 1. The molecule has 1 amide bonds. The fourth-order valence-corrected chi connectivity index (χ4v) is 7.71. The zero-order valence-corrected chi connectivity index (χ0v) is 20.7. The number of nitrogens with one attached hydrogen (secondary N) is 1. The van der Waals surface area contributed by atoms with Gasteiger partial charge in [0, 0.05) is 12.1 Å². The Bertz CT molecular complexity index is 1070. The van der Waals surface area contributed by atoms with Gasteiger partial charge >= 0.3 is 0 Å². The molecule has 6 nitrogen and oxygen atoms in total. The van der Waals surface area contributed by atoms with Crippen molar-refractivity contribution >= 4 is 50.2 Å². The fourth-order valence-electron chi connectivity index (χ4n) is 3.82. The second kappa shape index (κ2) is 9.48. The van der Waals surface area contributed by atoms with Crippen LogP contribution in [0.3, 0.4) is 0 Å². The van der Waals surface area contributed by atoms with E-state index in [1.807, 2.05) is 42.8 Å². The van der Waals surface area contributed by atoms with Crippen molar-refractivity contribution < 1.29 is 13.2 Å². The molecule has 0 saturated carbocycles. The van der Waals surface area contributed by atoms with Crippen molar-refractivity contribution in [3.63, 3.8) is 0 Å². The van der Waals surface area contributed by atoms with E-state index >= 15 is 0 Å². The van der Waals surface area contributed by atoms with Gasteiger partial charge in [0.15, 0.2) is 15.0 Å². The number of thioether (sulfide) groups is 1. The molecule has 1 aliphatic rings. The second-order valence-corrected chi connectivity index (χ2v) is 12.7. The van der Waals surface area contributed by atoms with Gasteiger partial charge in [-0.2, -0.15) is 0 Å². The van der Waals surface area contributed by atoms with Gasteiger partial charge < -0.3 is 9.88 Å². The predicted octanol–water partition coefficient (Wildman–Crippen LogP) is 4.77. The Labute approximate surface area is 195 Å². The summed E-state index contributed by atoms with van der Waals surface area (Å²) in [7, 11) is -3.05. The van der Waals surface area contributed by atoms with Crippen LogP contribution in [0.2, 0.25) is 0 Å². The van der Waals surface area contributed by atoms with Crippen molar-refractivity contribution in [2.45, 2.75) is 43.9 Å². The van der Waals surface area contributed by atoms with Gasteiger partial charge in [-0.3, -0.25) is 4.79 Å². The Hall–Kier alpha value is -1.62. The van der Waals surface area contributed by atoms with Crippen molar-refractivity contribution in [3.8, 4) is 21.1 Å². The number of hydrogen-bond donors (Lipinski definition) is 1. The van der Waals surface area contributed by atoms with Gasteiger partial charge in [0.2, 0.25) is 5.91 Å². The molecule has 3 aromatic rings. The number of nitrogens with zero attached hydrogens (tertiary/aromatic N) is 2. The maximum Gasteiger partial charge on any atom is 0.233 e. The molecule has 1 aliphatic heterocycles. The molecule has 0 bridgehead atoms. The third-order valence-corrected chi connectivity index (χ3v) is 9.86. The summed E-state index contributed by atoms with van der Waals surface area (Å²) in [5.41, 5.74) is 1.86. The Balaban J connectivity index is 1.53. The molecule has 1 fully saturated rings. The summed E-state index contributed by atoms with van der Waals surface area (Å²) in [6, 6.07) is 7.89. The number of carbonyl (C=O) groups excluding carboxylic acids is 1. The molecule has 166 valence electrons. The van der Waals surface area contributed by atoms with Crippen molar-refractivity contribution in [3.05, 3.63) is 35.0 Å². The van der Waals surface area contributed by atoms with E-state index in [1.165, 1.54) is 11.8 Å². The zero-order chi connectivity index (χ0) is 22.0. The summed E-state index contributed by atoms with van der Waals surface area (Å²) < 4.78 is 23.9. The topological polar surface area (TPSA) is 83.1 Å². The number of rotatable bonds is 8. The van der Waals surface area contributed by atoms with Crippen molar-refractivity contribution in [1.82, 2.24) is 14.9 Å². The standard InChI is InChI=1S/C21H25N3O3S4/c1-3-14(2)24(15-8-11-31(26,27)13-15)18(25)12-30-21-22-19(16-6-4-9-28-16)20(23-21)17-7-5-10-29-17/h4-7,9-10,14-15H,3,8,11-13H2,1-2H3,(H,22,23)/t14-,15-/m1/s1. The molecule has 0 radical (unpaired) electrons. The van der Waals surface area contributed by atoms with Gasteiger partial charge in [0.05, 0.1) is 32.7 Å². The van der Waals surface area contributed by atoms with E-state index in [4.69, 9.17) is 4.98 Å². The Kier molecular flexibility index (Phi) is 6.90. The maximum absolute atomic E-state index is 13.1. The molecule has 0 spiro atoms. The number of carbonyl (C=O) groups is 1. The summed E-state index contributed by atoms with van der Waals surface area (Å²) in [5, 5.41) is 4.76. The van der Waals surface area contributed by atoms with E-state index in [-0.39, 0.29) is 35.2 Å². The van der Waals surface area contributed by atoms with Gasteiger partial charge in [-0.1, -0.05) is 30.8 Å². The highest BCUT2D eigenvalue weighted by atomic mass is 32.2. The predicted molar refractivity (Wildman–Crippen MR) is 130 cm³/mol. The van der Waals surface area contributed by atoms with Crippen molar-refractivity contribution in [2.75, 3.05) is 17.3 Å². The Morgan fingerprint density at radius 2 is 2.00 bits per heavy atom. The first-order valence-corrected chi connectivity index (χ1v) is 14.8. The van der Waals surface area contributed by atoms with Crippen LogP contribution in [-0.4, -0.2) is 58.5 Å². The molecule has 1 saturated heterocycles. The normalized spacial score (nSPS) is 18.8. The molecular weight excluding hydrogens is 471 g/mol. The average Bonchev–Trinajstić information content (AvgIpc) is 3.51. The van der Waals surface area contributed by atoms with E-state index in [0.717, 1.165) is 27.6 Å². The Morgan fingerprint density at radius 3 is 2.58 bits per heavy atom. The van der Waals surface area contributed by atoms with Gasteiger partial charge in [-0.05, 0) is 42.7 Å². The molecular formula is C21H25N3O3S4. The third-order valence-electron chi connectivity index (χ3n) is 5.49. The van der Waals surface area contributed by atoms with Crippen molar-refractivity contribution in [1.29, 1.82) is 0 Å². The van der Waals surface area contributed by atoms with Gasteiger partial charge in [-0.25, -0.2) is 13.4 Å². The highest BCUT2D eigenvalue weighted by Gasteiger charge is 2.36. The fraction of sp³-hybridized carbons (Fsp3) is 0.429. The van der Waals surface area contributed by atoms with Crippen LogP contribution in [0.15, 0.2) is 40.2 Å². The second-order valence-electron chi connectivity index (χ2n) is 7.62. The van der Waals surface area contributed by atoms with Crippen LogP contribution in [-0.2, 0) is 14.6 Å². The van der Waals surface area contributed by atoms with Gasteiger partial charge in [0.25, 0.3) is 0 Å². The first kappa shape index (κ1) is 22.6. The maximum atomic E-state index is 13.1. The summed E-state index contributed by atoms with van der Waals surface area (Å²) in [6.07, 6.45) is 1.31. The number of aromatic amines is 1. The summed E-state index contributed by atoms with van der Waals surface area (Å²) in [6.45, 7) is 4.01. The van der Waals surface area contributed by atoms with E-state index in [2.05, 4.69) is 11.1 Å². The molecule has 4 rings (SSSR count). The lowest BCUT2D eigenvalue weighted by molar-refractivity contribution is -0.132. The third kappa shape index (κ3) is 5.08. The van der Waals surface area contributed by atoms with Crippen LogP contribution in [0.4, 0.5) is 0 Å². The number of sulfone groups is 1. The molecule has 2 atom stereocenters. The molecule has 10 heteroatoms. The lowest BCUT2D eigenvalue weighted by atomic mass is 10.1. The molecule has 0 aliphatic carbocycles. The number of hydrogen-bond acceptors (Lipinski definition) is 7. The van der Waals surface area contributed by atoms with Gasteiger partial charge in [-0.15, -0.1) is 22.7 Å². The quantitative estimate of drug-likeness (QED) is 0.455. The number of thiophene rings is 2. The number of amides is 1. The van der Waals surface area contributed by atoms with Crippen LogP contribution >= 0.6 is 34.4 Å². The van der Waals surface area contributed by atoms with Crippen LogP contribution in [0.25, 0.3) is 21.1 Å². The summed E-state index contributed by atoms with van der Waals surface area (Å²) in [5.74, 6) is 0.424. The van der Waals surface area contributed by atoms with Gasteiger partial charge in [0.1, 0.15) is 5.69 Å². The monoisotopic (exact) mass is 495 g/mol. The van der Waals surface area contributed by atoms with Crippen LogP contribution in [0.5, 0.6) is 0 Å². The number of imidazole rings is 1. The van der Waals surface area contributed by atoms with E-state index in [1.54, 1.807) is 27.6 Å². The highest BCUT2D eigenvalue weighted by Crippen LogP contribution is 2.37. The highest BCUT2D eigenvalue weighted by molar-refractivity contribution is 7.99.